The minimum absolute atomic E-state index is 0.130. The molecule has 6 nitrogen and oxygen atoms in total. The van der Waals surface area contributed by atoms with Crippen LogP contribution in [0.15, 0.2) is 48.8 Å². The Morgan fingerprint density at radius 2 is 2.00 bits per heavy atom. The number of benzene rings is 1. The molecule has 0 atom stereocenters. The zero-order valence-electron chi connectivity index (χ0n) is 12.6. The maximum atomic E-state index is 13.2. The van der Waals surface area contributed by atoms with E-state index in [1.54, 1.807) is 33.9 Å². The highest BCUT2D eigenvalue weighted by molar-refractivity contribution is 5.89. The van der Waals surface area contributed by atoms with Crippen LogP contribution in [-0.4, -0.2) is 25.5 Å². The van der Waals surface area contributed by atoms with Gasteiger partial charge in [0.05, 0.1) is 12.2 Å². The normalized spacial score (nSPS) is 10.7. The summed E-state index contributed by atoms with van der Waals surface area (Å²) in [6.45, 7) is 2.43. The summed E-state index contributed by atoms with van der Waals surface area (Å²) in [7, 11) is 0. The van der Waals surface area contributed by atoms with E-state index in [0.29, 0.717) is 12.4 Å². The van der Waals surface area contributed by atoms with Crippen LogP contribution in [-0.2, 0) is 17.9 Å². The summed E-state index contributed by atoms with van der Waals surface area (Å²) in [6.07, 6.45) is 3.48. The van der Waals surface area contributed by atoms with E-state index in [1.165, 1.54) is 12.1 Å². The number of hydrogen-bond donors (Lipinski definition) is 1. The molecule has 2 heterocycles. The first-order valence-corrected chi connectivity index (χ1v) is 7.16. The second-order valence-corrected chi connectivity index (χ2v) is 5.23. The van der Waals surface area contributed by atoms with Crippen LogP contribution in [0.3, 0.4) is 0 Å². The van der Waals surface area contributed by atoms with E-state index in [-0.39, 0.29) is 18.3 Å². The van der Waals surface area contributed by atoms with Gasteiger partial charge in [-0.3, -0.25) is 14.2 Å². The standard InChI is InChI=1S/C16H16FN5O/c1-12-5-7-22(19-12)11-16(23)18-15-6-8-21(20-15)10-13-3-2-4-14(17)9-13/h2-9H,10-11H2,1H3,(H,18,20,23). The largest absolute Gasteiger partial charge is 0.308 e. The van der Waals surface area contributed by atoms with Gasteiger partial charge in [-0.25, -0.2) is 4.39 Å². The topological polar surface area (TPSA) is 64.7 Å². The van der Waals surface area contributed by atoms with Crippen LogP contribution >= 0.6 is 0 Å². The molecule has 0 aliphatic rings. The number of rotatable bonds is 5. The van der Waals surface area contributed by atoms with Crippen molar-refractivity contribution in [1.82, 2.24) is 19.6 Å². The molecular formula is C16H16FN5O. The van der Waals surface area contributed by atoms with Crippen molar-refractivity contribution in [1.29, 1.82) is 0 Å². The highest BCUT2D eigenvalue weighted by atomic mass is 19.1. The molecule has 0 fully saturated rings. The summed E-state index contributed by atoms with van der Waals surface area (Å²) in [5.41, 5.74) is 1.66. The zero-order chi connectivity index (χ0) is 16.2. The summed E-state index contributed by atoms with van der Waals surface area (Å²) in [4.78, 5) is 11.9. The molecule has 0 aliphatic carbocycles. The van der Waals surface area contributed by atoms with Crippen LogP contribution in [0.2, 0.25) is 0 Å². The van der Waals surface area contributed by atoms with E-state index < -0.39 is 0 Å². The van der Waals surface area contributed by atoms with Gasteiger partial charge in [-0.2, -0.15) is 10.2 Å². The number of anilines is 1. The Morgan fingerprint density at radius 3 is 2.74 bits per heavy atom. The third-order valence-corrected chi connectivity index (χ3v) is 3.22. The predicted octanol–water partition coefficient (Wildman–Crippen LogP) is 2.21. The van der Waals surface area contributed by atoms with Gasteiger partial charge in [-0.05, 0) is 30.7 Å². The Balaban J connectivity index is 1.59. The molecule has 3 aromatic rings. The molecule has 0 saturated heterocycles. The maximum Gasteiger partial charge on any atom is 0.247 e. The molecular weight excluding hydrogens is 297 g/mol. The number of hydrogen-bond acceptors (Lipinski definition) is 3. The molecule has 0 bridgehead atoms. The van der Waals surface area contributed by atoms with Crippen molar-refractivity contribution < 1.29 is 9.18 Å². The van der Waals surface area contributed by atoms with Crippen LogP contribution in [0.4, 0.5) is 10.2 Å². The van der Waals surface area contributed by atoms with E-state index in [2.05, 4.69) is 15.5 Å². The minimum atomic E-state index is -0.280. The molecule has 0 spiro atoms. The molecule has 1 amide bonds. The Kier molecular flexibility index (Phi) is 4.18. The molecule has 1 N–H and O–H groups in total. The SMILES string of the molecule is Cc1ccn(CC(=O)Nc2ccn(Cc3cccc(F)c3)n2)n1. The van der Waals surface area contributed by atoms with Gasteiger partial charge in [0.2, 0.25) is 5.91 Å². The van der Waals surface area contributed by atoms with E-state index in [9.17, 15) is 9.18 Å². The fourth-order valence-electron chi connectivity index (χ4n) is 2.22. The predicted molar refractivity (Wildman–Crippen MR) is 83.3 cm³/mol. The van der Waals surface area contributed by atoms with Crippen molar-refractivity contribution in [3.63, 3.8) is 0 Å². The fourth-order valence-corrected chi connectivity index (χ4v) is 2.22. The summed E-state index contributed by atoms with van der Waals surface area (Å²) in [5.74, 6) is -0.0305. The van der Waals surface area contributed by atoms with E-state index in [1.807, 2.05) is 19.1 Å². The van der Waals surface area contributed by atoms with Crippen molar-refractivity contribution in [3.8, 4) is 0 Å². The third kappa shape index (κ3) is 4.03. The lowest BCUT2D eigenvalue weighted by molar-refractivity contribution is -0.116. The van der Waals surface area contributed by atoms with Crippen molar-refractivity contribution in [2.45, 2.75) is 20.0 Å². The number of nitrogens with one attached hydrogen (secondary N) is 1. The summed E-state index contributed by atoms with van der Waals surface area (Å²) < 4.78 is 16.4. The Morgan fingerprint density at radius 1 is 1.17 bits per heavy atom. The first-order chi connectivity index (χ1) is 11.1. The van der Waals surface area contributed by atoms with Gasteiger partial charge >= 0.3 is 0 Å². The van der Waals surface area contributed by atoms with Crippen molar-refractivity contribution >= 4 is 11.7 Å². The van der Waals surface area contributed by atoms with E-state index in [0.717, 1.165) is 11.3 Å². The Hall–Kier alpha value is -2.96. The molecule has 0 radical (unpaired) electrons. The molecule has 0 aliphatic heterocycles. The number of halogens is 1. The second kappa shape index (κ2) is 6.43. The lowest BCUT2D eigenvalue weighted by Crippen LogP contribution is -2.19. The number of nitrogens with zero attached hydrogens (tertiary/aromatic N) is 4. The monoisotopic (exact) mass is 313 g/mol. The van der Waals surface area contributed by atoms with Gasteiger partial charge in [0.1, 0.15) is 12.4 Å². The fraction of sp³-hybridized carbons (Fsp3) is 0.188. The molecule has 1 aromatic carbocycles. The molecule has 7 heteroatoms. The average molecular weight is 313 g/mol. The van der Waals surface area contributed by atoms with E-state index >= 15 is 0 Å². The van der Waals surface area contributed by atoms with Gasteiger partial charge < -0.3 is 5.32 Å². The second-order valence-electron chi connectivity index (χ2n) is 5.23. The number of aromatic nitrogens is 4. The average Bonchev–Trinajstić information content (AvgIpc) is 3.08. The van der Waals surface area contributed by atoms with Gasteiger partial charge in [0.25, 0.3) is 0 Å². The van der Waals surface area contributed by atoms with Crippen LogP contribution in [0.1, 0.15) is 11.3 Å². The lowest BCUT2D eigenvalue weighted by Gasteiger charge is -2.03. The molecule has 0 unspecified atom stereocenters. The number of carbonyl (C=O) groups excluding carboxylic acids is 1. The first kappa shape index (κ1) is 15.0. The first-order valence-electron chi connectivity index (χ1n) is 7.16. The Bertz CT molecular complexity index is 823. The minimum Gasteiger partial charge on any atom is -0.308 e. The smallest absolute Gasteiger partial charge is 0.247 e. The molecule has 118 valence electrons. The van der Waals surface area contributed by atoms with Crippen molar-refractivity contribution in [2.24, 2.45) is 0 Å². The van der Waals surface area contributed by atoms with Crippen LogP contribution in [0.25, 0.3) is 0 Å². The number of aryl methyl sites for hydroxylation is 1. The molecule has 2 aromatic heterocycles. The Labute approximate surface area is 132 Å². The van der Waals surface area contributed by atoms with Crippen molar-refractivity contribution in [3.05, 3.63) is 65.9 Å². The summed E-state index contributed by atoms with van der Waals surface area (Å²) in [5, 5.41) is 11.1. The molecule has 0 saturated carbocycles. The van der Waals surface area contributed by atoms with Crippen LogP contribution in [0.5, 0.6) is 0 Å². The van der Waals surface area contributed by atoms with Gasteiger partial charge in [0, 0.05) is 18.5 Å². The van der Waals surface area contributed by atoms with Crippen molar-refractivity contribution in [2.75, 3.05) is 5.32 Å². The zero-order valence-corrected chi connectivity index (χ0v) is 12.6. The molecule has 23 heavy (non-hydrogen) atoms. The summed E-state index contributed by atoms with van der Waals surface area (Å²) in [6, 6.07) is 9.87. The molecule has 3 rings (SSSR count). The van der Waals surface area contributed by atoms with Gasteiger partial charge in [0.15, 0.2) is 5.82 Å². The van der Waals surface area contributed by atoms with Crippen LogP contribution in [0, 0.1) is 12.7 Å². The van der Waals surface area contributed by atoms with Crippen LogP contribution < -0.4 is 5.32 Å². The summed E-state index contributed by atoms with van der Waals surface area (Å²) >= 11 is 0. The van der Waals surface area contributed by atoms with E-state index in [4.69, 9.17) is 0 Å². The highest BCUT2D eigenvalue weighted by Gasteiger charge is 2.07. The lowest BCUT2D eigenvalue weighted by atomic mass is 10.2. The highest BCUT2D eigenvalue weighted by Crippen LogP contribution is 2.08. The quantitative estimate of drug-likeness (QED) is 0.785. The van der Waals surface area contributed by atoms with Gasteiger partial charge in [-0.15, -0.1) is 0 Å². The number of amides is 1. The third-order valence-electron chi connectivity index (χ3n) is 3.22. The number of carbonyl (C=O) groups is 1. The maximum absolute atomic E-state index is 13.2. The van der Waals surface area contributed by atoms with Gasteiger partial charge in [-0.1, -0.05) is 12.1 Å².